The summed E-state index contributed by atoms with van der Waals surface area (Å²) in [4.78, 5) is 10.2. The van der Waals surface area contributed by atoms with Crippen LogP contribution in [-0.2, 0) is 4.79 Å². The number of hydrogen-bond donors (Lipinski definition) is 2. The van der Waals surface area contributed by atoms with Crippen LogP contribution in [0.4, 0.5) is 0 Å². The molecule has 1 fully saturated rings. The summed E-state index contributed by atoms with van der Waals surface area (Å²) in [6.45, 7) is 1.51. The summed E-state index contributed by atoms with van der Waals surface area (Å²) in [7, 11) is 0. The molecule has 0 saturated carbocycles. The van der Waals surface area contributed by atoms with Crippen LogP contribution in [0.15, 0.2) is 0 Å². The highest BCUT2D eigenvalue weighted by Crippen LogP contribution is 2.05. The van der Waals surface area contributed by atoms with Crippen LogP contribution in [-0.4, -0.2) is 24.2 Å². The van der Waals surface area contributed by atoms with Crippen molar-refractivity contribution in [2.24, 2.45) is 5.92 Å². The molecule has 0 spiro atoms. The largest absolute Gasteiger partial charge is 0.481 e. The molecule has 1 saturated heterocycles. The highest BCUT2D eigenvalue weighted by Gasteiger charge is 2.20. The molecule has 0 aromatic rings. The maximum atomic E-state index is 10.2. The van der Waals surface area contributed by atoms with Gasteiger partial charge < -0.3 is 10.4 Å². The van der Waals surface area contributed by atoms with E-state index in [1.54, 1.807) is 0 Å². The van der Waals surface area contributed by atoms with E-state index in [9.17, 15) is 4.79 Å². The van der Waals surface area contributed by atoms with E-state index in [0.717, 1.165) is 13.0 Å². The molecule has 3 heteroatoms. The Balaban J connectivity index is 0.000000371. The van der Waals surface area contributed by atoms with Gasteiger partial charge in [0.15, 0.2) is 0 Å². The fraction of sp³-hybridized carbons (Fsp3) is 0.571. The zero-order valence-corrected chi connectivity index (χ0v) is 5.71. The van der Waals surface area contributed by atoms with E-state index in [1.165, 1.54) is 0 Å². The fourth-order valence-corrected chi connectivity index (χ4v) is 0.865. The number of terminal acetylenes is 1. The molecule has 1 unspecified atom stereocenters. The third-order valence-electron chi connectivity index (χ3n) is 1.41. The van der Waals surface area contributed by atoms with Crippen molar-refractivity contribution in [1.29, 1.82) is 0 Å². The predicted molar refractivity (Wildman–Crippen MR) is 38.5 cm³/mol. The number of nitrogens with one attached hydrogen (secondary N) is 1. The second-order valence-electron chi connectivity index (χ2n) is 2.03. The summed E-state index contributed by atoms with van der Waals surface area (Å²) in [5.41, 5.74) is 0. The van der Waals surface area contributed by atoms with Crippen molar-refractivity contribution in [1.82, 2.24) is 5.32 Å². The Morgan fingerprint density at radius 3 is 2.40 bits per heavy atom. The van der Waals surface area contributed by atoms with Crippen LogP contribution >= 0.6 is 0 Å². The summed E-state index contributed by atoms with van der Waals surface area (Å²) in [6.07, 6.45) is 8.79. The molecule has 2 N–H and O–H groups in total. The number of carboxylic acids is 1. The van der Waals surface area contributed by atoms with Crippen molar-refractivity contribution >= 4 is 5.97 Å². The van der Waals surface area contributed by atoms with Gasteiger partial charge in [-0.25, -0.2) is 0 Å². The second kappa shape index (κ2) is 4.83. The van der Waals surface area contributed by atoms with Crippen molar-refractivity contribution in [3.05, 3.63) is 0 Å². The number of rotatable bonds is 1. The standard InChI is InChI=1S/C5H9NO2.C2H2/c7-5(8)4-1-2-6-3-4;1-2/h4,6H,1-3H2,(H,7,8);1-2H. The zero-order chi connectivity index (χ0) is 7.98. The van der Waals surface area contributed by atoms with Crippen molar-refractivity contribution in [2.45, 2.75) is 6.42 Å². The van der Waals surface area contributed by atoms with Gasteiger partial charge in [0.25, 0.3) is 0 Å². The molecule has 0 bridgehead atoms. The third kappa shape index (κ3) is 2.51. The Bertz CT molecular complexity index is 125. The lowest BCUT2D eigenvalue weighted by Crippen LogP contribution is -2.16. The number of carboxylic acid groups (broad SMARTS) is 1. The molecule has 1 heterocycles. The topological polar surface area (TPSA) is 49.3 Å². The quantitative estimate of drug-likeness (QED) is 0.502. The van der Waals surface area contributed by atoms with E-state index in [-0.39, 0.29) is 5.92 Å². The Kier molecular flexibility index (Phi) is 4.34. The van der Waals surface area contributed by atoms with Gasteiger partial charge in [0, 0.05) is 6.54 Å². The van der Waals surface area contributed by atoms with E-state index in [1.807, 2.05) is 0 Å². The Morgan fingerprint density at radius 2 is 2.20 bits per heavy atom. The van der Waals surface area contributed by atoms with Gasteiger partial charge in [0.1, 0.15) is 0 Å². The molecule has 0 aliphatic carbocycles. The molecular weight excluding hydrogens is 130 g/mol. The lowest BCUT2D eigenvalue weighted by Gasteiger charge is -1.96. The first kappa shape index (κ1) is 8.99. The van der Waals surface area contributed by atoms with E-state index in [2.05, 4.69) is 18.2 Å². The monoisotopic (exact) mass is 141 g/mol. The van der Waals surface area contributed by atoms with Crippen LogP contribution < -0.4 is 5.32 Å². The van der Waals surface area contributed by atoms with Gasteiger partial charge in [0.05, 0.1) is 5.92 Å². The highest BCUT2D eigenvalue weighted by molar-refractivity contribution is 5.70. The Labute approximate surface area is 60.4 Å². The van der Waals surface area contributed by atoms with Crippen LogP contribution in [0.2, 0.25) is 0 Å². The maximum absolute atomic E-state index is 10.2. The van der Waals surface area contributed by atoms with E-state index in [0.29, 0.717) is 6.54 Å². The van der Waals surface area contributed by atoms with E-state index in [4.69, 9.17) is 5.11 Å². The smallest absolute Gasteiger partial charge is 0.307 e. The summed E-state index contributed by atoms with van der Waals surface area (Å²) in [5.74, 6) is -0.801. The Hall–Kier alpha value is -1.01. The van der Waals surface area contributed by atoms with Gasteiger partial charge >= 0.3 is 5.97 Å². The predicted octanol–water partition coefficient (Wildman–Crippen LogP) is -0.0701. The number of aliphatic carboxylic acids is 1. The SMILES string of the molecule is C#C.O=C(O)C1CCNC1. The van der Waals surface area contributed by atoms with Crippen LogP contribution in [0.25, 0.3) is 0 Å². The molecule has 1 atom stereocenters. The third-order valence-corrected chi connectivity index (χ3v) is 1.41. The summed E-state index contributed by atoms with van der Waals surface area (Å²) in [6, 6.07) is 0. The molecule has 56 valence electrons. The van der Waals surface area contributed by atoms with Crippen LogP contribution in [0.5, 0.6) is 0 Å². The minimum Gasteiger partial charge on any atom is -0.481 e. The minimum atomic E-state index is -0.671. The molecule has 0 amide bonds. The first-order valence-electron chi connectivity index (χ1n) is 3.07. The van der Waals surface area contributed by atoms with Gasteiger partial charge in [-0.1, -0.05) is 0 Å². The van der Waals surface area contributed by atoms with Gasteiger partial charge in [-0.05, 0) is 13.0 Å². The average Bonchev–Trinajstić information content (AvgIpc) is 2.42. The number of carbonyl (C=O) groups is 1. The molecule has 0 aromatic carbocycles. The van der Waals surface area contributed by atoms with Crippen molar-refractivity contribution in [2.75, 3.05) is 13.1 Å². The Morgan fingerprint density at radius 1 is 1.60 bits per heavy atom. The summed E-state index contributed by atoms with van der Waals surface area (Å²) >= 11 is 0. The van der Waals surface area contributed by atoms with Crippen molar-refractivity contribution in [3.8, 4) is 12.8 Å². The molecule has 1 aliphatic rings. The molecular formula is C7H11NO2. The molecule has 3 nitrogen and oxygen atoms in total. The molecule has 10 heavy (non-hydrogen) atoms. The normalized spacial score (nSPS) is 22.8. The van der Waals surface area contributed by atoms with Crippen molar-refractivity contribution < 1.29 is 9.90 Å². The number of hydrogen-bond acceptors (Lipinski definition) is 2. The second-order valence-corrected chi connectivity index (χ2v) is 2.03. The van der Waals surface area contributed by atoms with Crippen LogP contribution in [0.3, 0.4) is 0 Å². The summed E-state index contributed by atoms with van der Waals surface area (Å²) < 4.78 is 0. The molecule has 0 aromatic heterocycles. The summed E-state index contributed by atoms with van der Waals surface area (Å²) in [5, 5.41) is 11.3. The first-order valence-corrected chi connectivity index (χ1v) is 3.07. The maximum Gasteiger partial charge on any atom is 0.307 e. The van der Waals surface area contributed by atoms with Gasteiger partial charge in [-0.15, -0.1) is 12.8 Å². The molecule has 1 aliphatic heterocycles. The van der Waals surface area contributed by atoms with E-state index < -0.39 is 5.97 Å². The van der Waals surface area contributed by atoms with Gasteiger partial charge in [0.2, 0.25) is 0 Å². The highest BCUT2D eigenvalue weighted by atomic mass is 16.4. The average molecular weight is 141 g/mol. The van der Waals surface area contributed by atoms with Crippen LogP contribution in [0.1, 0.15) is 6.42 Å². The van der Waals surface area contributed by atoms with Crippen LogP contribution in [0, 0.1) is 18.8 Å². The lowest BCUT2D eigenvalue weighted by atomic mass is 10.1. The first-order chi connectivity index (χ1) is 4.80. The van der Waals surface area contributed by atoms with Gasteiger partial charge in [-0.3, -0.25) is 4.79 Å². The van der Waals surface area contributed by atoms with Crippen molar-refractivity contribution in [3.63, 3.8) is 0 Å². The van der Waals surface area contributed by atoms with Gasteiger partial charge in [-0.2, -0.15) is 0 Å². The molecule has 1 rings (SSSR count). The minimum absolute atomic E-state index is 0.130. The molecule has 0 radical (unpaired) electrons. The van der Waals surface area contributed by atoms with E-state index >= 15 is 0 Å². The zero-order valence-electron chi connectivity index (χ0n) is 5.71. The fourth-order valence-electron chi connectivity index (χ4n) is 0.865. The lowest BCUT2D eigenvalue weighted by molar-refractivity contribution is -0.140.